The van der Waals surface area contributed by atoms with Crippen molar-refractivity contribution in [3.05, 3.63) is 64.6 Å². The quantitative estimate of drug-likeness (QED) is 0.602. The molecule has 1 fully saturated rings. The van der Waals surface area contributed by atoms with Gasteiger partial charge in [-0.3, -0.25) is 9.78 Å². The lowest BCUT2D eigenvalue weighted by molar-refractivity contribution is -0.00523. The number of pyridine rings is 1. The molecule has 162 valence electrons. The lowest BCUT2D eigenvalue weighted by atomic mass is 10.2. The highest BCUT2D eigenvalue weighted by molar-refractivity contribution is 7.19. The van der Waals surface area contributed by atoms with Crippen molar-refractivity contribution in [1.82, 2.24) is 15.3 Å². The van der Waals surface area contributed by atoms with Gasteiger partial charge in [0.1, 0.15) is 0 Å². The van der Waals surface area contributed by atoms with Crippen molar-refractivity contribution in [2.45, 2.75) is 39.5 Å². The smallest absolute Gasteiger partial charge is 0.251 e. The number of benzene rings is 1. The molecule has 31 heavy (non-hydrogen) atoms. The first-order valence-corrected chi connectivity index (χ1v) is 11.5. The number of anilines is 1. The minimum atomic E-state index is -0.182. The second-order valence-corrected chi connectivity index (χ2v) is 9.23. The van der Waals surface area contributed by atoms with Crippen molar-refractivity contribution in [3.8, 4) is 10.4 Å². The van der Waals surface area contributed by atoms with Crippen LogP contribution in [0.2, 0.25) is 5.02 Å². The number of thiazole rings is 1. The number of rotatable bonds is 5. The predicted octanol–water partition coefficient (Wildman–Crippen LogP) is 4.71. The predicted molar refractivity (Wildman–Crippen MR) is 125 cm³/mol. The number of aromatic nitrogens is 2. The third-order valence-electron chi connectivity index (χ3n) is 5.05. The Bertz CT molecular complexity index is 1060. The lowest BCUT2D eigenvalue weighted by Gasteiger charge is -2.35. The average molecular weight is 457 g/mol. The molecule has 1 aliphatic rings. The van der Waals surface area contributed by atoms with Gasteiger partial charge in [-0.15, -0.1) is 0 Å². The standard InChI is InChI=1S/C23H25ClN4O2S/c1-14-7-8-18(10-25-14)21-20(11-26-22(29)17-5-4-6-19(24)9-17)27-23(31-21)28-12-15(2)30-16(3)13-28/h4-10,15-16H,11-13H2,1-3H3,(H,26,29)/t15-,16+. The fourth-order valence-corrected chi connectivity index (χ4v) is 4.93. The van der Waals surface area contributed by atoms with E-state index in [2.05, 4.69) is 29.0 Å². The van der Waals surface area contributed by atoms with Crippen LogP contribution in [0.25, 0.3) is 10.4 Å². The molecule has 2 atom stereocenters. The van der Waals surface area contributed by atoms with Crippen molar-refractivity contribution in [2.24, 2.45) is 0 Å². The maximum absolute atomic E-state index is 12.6. The number of nitrogens with one attached hydrogen (secondary N) is 1. The molecular weight excluding hydrogens is 432 g/mol. The number of amides is 1. The van der Waals surface area contributed by atoms with E-state index in [-0.39, 0.29) is 18.1 Å². The Morgan fingerprint density at radius 2 is 2.03 bits per heavy atom. The summed E-state index contributed by atoms with van der Waals surface area (Å²) in [4.78, 5) is 25.2. The van der Waals surface area contributed by atoms with Crippen molar-refractivity contribution < 1.29 is 9.53 Å². The topological polar surface area (TPSA) is 67.3 Å². The van der Waals surface area contributed by atoms with Gasteiger partial charge in [-0.2, -0.15) is 0 Å². The normalized spacial score (nSPS) is 18.8. The largest absolute Gasteiger partial charge is 0.372 e. The van der Waals surface area contributed by atoms with Gasteiger partial charge in [0.05, 0.1) is 29.3 Å². The number of carbonyl (C=O) groups excluding carboxylic acids is 1. The fraction of sp³-hybridized carbons (Fsp3) is 0.348. The molecule has 0 unspecified atom stereocenters. The van der Waals surface area contributed by atoms with Crippen molar-refractivity contribution in [3.63, 3.8) is 0 Å². The summed E-state index contributed by atoms with van der Waals surface area (Å²) in [5, 5.41) is 4.45. The number of morpholine rings is 1. The molecule has 0 radical (unpaired) electrons. The molecule has 2 aromatic heterocycles. The van der Waals surface area contributed by atoms with Gasteiger partial charge in [0.2, 0.25) is 0 Å². The lowest BCUT2D eigenvalue weighted by Crippen LogP contribution is -2.45. The molecule has 0 saturated carbocycles. The maximum Gasteiger partial charge on any atom is 0.251 e. The minimum absolute atomic E-state index is 0.142. The number of halogens is 1. The summed E-state index contributed by atoms with van der Waals surface area (Å²) in [6.07, 6.45) is 2.14. The van der Waals surface area contributed by atoms with E-state index in [1.807, 2.05) is 25.3 Å². The van der Waals surface area contributed by atoms with E-state index in [1.165, 1.54) is 0 Å². The minimum Gasteiger partial charge on any atom is -0.372 e. The molecule has 1 amide bonds. The summed E-state index contributed by atoms with van der Waals surface area (Å²) in [5.41, 5.74) is 3.31. The maximum atomic E-state index is 12.6. The number of carbonyl (C=O) groups is 1. The van der Waals surface area contributed by atoms with Crippen LogP contribution in [0.4, 0.5) is 5.13 Å². The Labute approximate surface area is 191 Å². The zero-order valence-corrected chi connectivity index (χ0v) is 19.3. The first-order valence-electron chi connectivity index (χ1n) is 10.3. The van der Waals surface area contributed by atoms with E-state index in [1.54, 1.807) is 35.6 Å². The van der Waals surface area contributed by atoms with Crippen LogP contribution in [-0.4, -0.2) is 41.2 Å². The zero-order chi connectivity index (χ0) is 22.0. The summed E-state index contributed by atoms with van der Waals surface area (Å²) in [6.45, 7) is 8.01. The molecule has 1 aliphatic heterocycles. The number of nitrogens with zero attached hydrogens (tertiary/aromatic N) is 3. The molecule has 6 nitrogen and oxygen atoms in total. The van der Waals surface area contributed by atoms with Gasteiger partial charge in [0, 0.05) is 41.1 Å². The highest BCUT2D eigenvalue weighted by Crippen LogP contribution is 2.36. The van der Waals surface area contributed by atoms with Crippen LogP contribution < -0.4 is 10.2 Å². The van der Waals surface area contributed by atoms with Crippen LogP contribution in [0.1, 0.15) is 35.6 Å². The molecule has 0 aliphatic carbocycles. The fourth-order valence-electron chi connectivity index (χ4n) is 3.65. The number of aryl methyl sites for hydroxylation is 1. The monoisotopic (exact) mass is 456 g/mol. The zero-order valence-electron chi connectivity index (χ0n) is 17.8. The van der Waals surface area contributed by atoms with E-state index in [4.69, 9.17) is 21.3 Å². The Kier molecular flexibility index (Phi) is 6.55. The van der Waals surface area contributed by atoms with Gasteiger partial charge in [0.15, 0.2) is 5.13 Å². The van der Waals surface area contributed by atoms with E-state index in [0.717, 1.165) is 40.0 Å². The molecule has 1 aromatic carbocycles. The molecule has 0 bridgehead atoms. The SMILES string of the molecule is Cc1ccc(-c2sc(N3C[C@@H](C)O[C@@H](C)C3)nc2CNC(=O)c2cccc(Cl)c2)cn1. The Hall–Kier alpha value is -2.48. The second kappa shape index (κ2) is 9.34. The summed E-state index contributed by atoms with van der Waals surface area (Å²) < 4.78 is 5.87. The Balaban J connectivity index is 1.60. The molecule has 1 N–H and O–H groups in total. The Morgan fingerprint density at radius 3 is 2.71 bits per heavy atom. The first kappa shape index (κ1) is 21.7. The number of hydrogen-bond acceptors (Lipinski definition) is 6. The highest BCUT2D eigenvalue weighted by atomic mass is 35.5. The average Bonchev–Trinajstić information content (AvgIpc) is 3.16. The molecular formula is C23H25ClN4O2S. The molecule has 1 saturated heterocycles. The van der Waals surface area contributed by atoms with E-state index in [0.29, 0.717) is 17.1 Å². The van der Waals surface area contributed by atoms with Gasteiger partial charge in [0.25, 0.3) is 5.91 Å². The van der Waals surface area contributed by atoms with Gasteiger partial charge in [-0.1, -0.05) is 35.1 Å². The third kappa shape index (κ3) is 5.23. The van der Waals surface area contributed by atoms with Gasteiger partial charge >= 0.3 is 0 Å². The summed E-state index contributed by atoms with van der Waals surface area (Å²) in [5.74, 6) is -0.182. The molecule has 3 aromatic rings. The summed E-state index contributed by atoms with van der Waals surface area (Å²) >= 11 is 7.65. The number of hydrogen-bond donors (Lipinski definition) is 1. The van der Waals surface area contributed by atoms with Crippen molar-refractivity contribution >= 4 is 34.0 Å². The van der Waals surface area contributed by atoms with Crippen molar-refractivity contribution in [2.75, 3.05) is 18.0 Å². The van der Waals surface area contributed by atoms with Crippen LogP contribution in [0.3, 0.4) is 0 Å². The third-order valence-corrected chi connectivity index (χ3v) is 6.50. The second-order valence-electron chi connectivity index (χ2n) is 7.82. The van der Waals surface area contributed by atoms with Gasteiger partial charge < -0.3 is 15.0 Å². The van der Waals surface area contributed by atoms with Gasteiger partial charge in [-0.25, -0.2) is 4.98 Å². The van der Waals surface area contributed by atoms with Crippen LogP contribution in [0.15, 0.2) is 42.6 Å². The molecule has 3 heterocycles. The molecule has 0 spiro atoms. The molecule has 4 rings (SSSR count). The van der Waals surface area contributed by atoms with E-state index < -0.39 is 0 Å². The van der Waals surface area contributed by atoms with Crippen LogP contribution in [-0.2, 0) is 11.3 Å². The molecule has 8 heteroatoms. The van der Waals surface area contributed by atoms with E-state index in [9.17, 15) is 4.79 Å². The first-order chi connectivity index (χ1) is 14.9. The number of ether oxygens (including phenoxy) is 1. The summed E-state index contributed by atoms with van der Waals surface area (Å²) in [6, 6.07) is 11.0. The van der Waals surface area contributed by atoms with Crippen LogP contribution in [0, 0.1) is 6.92 Å². The van der Waals surface area contributed by atoms with Crippen molar-refractivity contribution in [1.29, 1.82) is 0 Å². The van der Waals surface area contributed by atoms with Crippen LogP contribution in [0.5, 0.6) is 0 Å². The van der Waals surface area contributed by atoms with Gasteiger partial charge in [-0.05, 0) is 45.0 Å². The van der Waals surface area contributed by atoms with E-state index >= 15 is 0 Å². The summed E-state index contributed by atoms with van der Waals surface area (Å²) in [7, 11) is 0. The Morgan fingerprint density at radius 1 is 1.26 bits per heavy atom. The highest BCUT2D eigenvalue weighted by Gasteiger charge is 2.26. The van der Waals surface area contributed by atoms with Crippen LogP contribution >= 0.6 is 22.9 Å².